The molecule has 1 aromatic carbocycles. The summed E-state index contributed by atoms with van der Waals surface area (Å²) in [7, 11) is 0. The third-order valence-corrected chi connectivity index (χ3v) is 5.64. The fourth-order valence-electron chi connectivity index (χ4n) is 4.00. The molecule has 1 amide bonds. The number of aromatic hydroxyl groups is 2. The molecule has 0 aliphatic heterocycles. The Kier molecular flexibility index (Phi) is 5.92. The maximum absolute atomic E-state index is 12.2. The number of alkyl carbamates (subject to hydrolysis) is 1. The van der Waals surface area contributed by atoms with Crippen LogP contribution in [0.4, 0.5) is 10.5 Å². The summed E-state index contributed by atoms with van der Waals surface area (Å²) in [6.45, 7) is -0.244. The van der Waals surface area contributed by atoms with Crippen LogP contribution in [0.15, 0.2) is 36.4 Å². The zero-order valence-corrected chi connectivity index (χ0v) is 17.2. The van der Waals surface area contributed by atoms with Gasteiger partial charge in [-0.2, -0.15) is 0 Å². The number of allylic oxidation sites excluding steroid dienone is 2. The van der Waals surface area contributed by atoms with Gasteiger partial charge in [0, 0.05) is 48.1 Å². The van der Waals surface area contributed by atoms with Crippen LogP contribution < -0.4 is 10.2 Å². The van der Waals surface area contributed by atoms with E-state index in [0.29, 0.717) is 21.4 Å². The Morgan fingerprint density at radius 3 is 2.33 bits per heavy atom. The van der Waals surface area contributed by atoms with Crippen molar-refractivity contribution in [3.05, 3.63) is 63.2 Å². The highest BCUT2D eigenvalue weighted by molar-refractivity contribution is 5.75. The standard InChI is InChI=1S/C21H21N3O9/c25-15(7-8-22-21(29)32-10-11-1-5-14(6-2-11)24(30)31)20(28)33-23-18(26)16-12-3-4-13(9-12)17(16)19(23)27/h1-6,12-13,15,25-27H,7-10H2,(H,22,29)/t12-,13?,15-/m0/s1. The number of aliphatic hydroxyl groups is 1. The fraction of sp³-hybridized carbons (Fsp3) is 0.333. The van der Waals surface area contributed by atoms with Gasteiger partial charge in [-0.05, 0) is 24.1 Å². The molecular formula is C21H21N3O9. The third kappa shape index (κ3) is 4.32. The van der Waals surface area contributed by atoms with Gasteiger partial charge in [-0.3, -0.25) is 10.1 Å². The van der Waals surface area contributed by atoms with Gasteiger partial charge in [-0.15, -0.1) is 4.73 Å². The van der Waals surface area contributed by atoms with Crippen LogP contribution in [0.1, 0.15) is 41.4 Å². The van der Waals surface area contributed by atoms with Gasteiger partial charge in [0.2, 0.25) is 11.8 Å². The Labute approximate surface area is 186 Å². The molecule has 174 valence electrons. The van der Waals surface area contributed by atoms with Crippen molar-refractivity contribution in [2.75, 3.05) is 6.54 Å². The quantitative estimate of drug-likeness (QED) is 0.260. The van der Waals surface area contributed by atoms with Crippen molar-refractivity contribution in [1.29, 1.82) is 0 Å². The van der Waals surface area contributed by atoms with Crippen LogP contribution >= 0.6 is 0 Å². The number of hydrogen-bond acceptors (Lipinski definition) is 9. The van der Waals surface area contributed by atoms with Gasteiger partial charge in [0.25, 0.3) is 5.69 Å². The van der Waals surface area contributed by atoms with Crippen LogP contribution in [-0.4, -0.2) is 49.7 Å². The van der Waals surface area contributed by atoms with E-state index >= 15 is 0 Å². The maximum atomic E-state index is 12.2. The molecule has 4 rings (SSSR count). The zero-order valence-electron chi connectivity index (χ0n) is 17.2. The van der Waals surface area contributed by atoms with E-state index in [2.05, 4.69) is 5.32 Å². The van der Waals surface area contributed by atoms with Crippen LogP contribution in [0.2, 0.25) is 0 Å². The van der Waals surface area contributed by atoms with Crippen molar-refractivity contribution in [2.24, 2.45) is 0 Å². The van der Waals surface area contributed by atoms with E-state index in [9.17, 15) is 35.0 Å². The van der Waals surface area contributed by atoms with E-state index in [1.165, 1.54) is 24.3 Å². The highest BCUT2D eigenvalue weighted by atomic mass is 16.7. The highest BCUT2D eigenvalue weighted by Gasteiger charge is 2.42. The molecule has 1 aromatic heterocycles. The lowest BCUT2D eigenvalue weighted by atomic mass is 10.0. The normalized spacial score (nSPS) is 18.6. The summed E-state index contributed by atoms with van der Waals surface area (Å²) in [5.41, 5.74) is 1.49. The van der Waals surface area contributed by atoms with Crippen LogP contribution in [-0.2, 0) is 16.1 Å². The second kappa shape index (κ2) is 8.82. The number of aliphatic hydroxyl groups excluding tert-OH is 1. The summed E-state index contributed by atoms with van der Waals surface area (Å²) in [4.78, 5) is 39.0. The number of nitro benzene ring substituents is 1. The summed E-state index contributed by atoms with van der Waals surface area (Å²) in [5, 5.41) is 43.6. The fourth-order valence-corrected chi connectivity index (χ4v) is 4.00. The van der Waals surface area contributed by atoms with Gasteiger partial charge in [-0.25, -0.2) is 9.59 Å². The van der Waals surface area contributed by atoms with E-state index < -0.39 is 23.1 Å². The van der Waals surface area contributed by atoms with Gasteiger partial charge in [0.15, 0.2) is 6.10 Å². The summed E-state index contributed by atoms with van der Waals surface area (Å²) in [6, 6.07) is 5.48. The largest absolute Gasteiger partial charge is 0.492 e. The topological polar surface area (TPSA) is 173 Å². The molecule has 3 atom stereocenters. The second-order valence-electron chi connectivity index (χ2n) is 7.74. The molecule has 1 heterocycles. The molecule has 0 saturated carbocycles. The van der Waals surface area contributed by atoms with E-state index in [-0.39, 0.29) is 48.9 Å². The smallest absolute Gasteiger partial charge is 0.407 e. The Bertz CT molecular complexity index is 1090. The van der Waals surface area contributed by atoms with Crippen molar-refractivity contribution >= 4 is 17.7 Å². The number of fused-ring (bicyclic) bond motifs is 5. The average molecular weight is 459 g/mol. The second-order valence-corrected chi connectivity index (χ2v) is 7.74. The first-order chi connectivity index (χ1) is 15.8. The van der Waals surface area contributed by atoms with Crippen molar-refractivity contribution in [3.63, 3.8) is 0 Å². The number of hydrogen-bond donors (Lipinski definition) is 4. The summed E-state index contributed by atoms with van der Waals surface area (Å²) in [5.74, 6) is -1.99. The van der Waals surface area contributed by atoms with Crippen LogP contribution in [0.5, 0.6) is 11.8 Å². The van der Waals surface area contributed by atoms with Gasteiger partial charge >= 0.3 is 12.1 Å². The van der Waals surface area contributed by atoms with E-state index in [4.69, 9.17) is 9.57 Å². The molecule has 12 heteroatoms. The predicted molar refractivity (Wildman–Crippen MR) is 110 cm³/mol. The molecule has 1 unspecified atom stereocenters. The van der Waals surface area contributed by atoms with Gasteiger partial charge < -0.3 is 30.2 Å². The minimum Gasteiger partial charge on any atom is -0.492 e. The first kappa shape index (κ1) is 22.1. The molecule has 0 saturated heterocycles. The van der Waals surface area contributed by atoms with E-state index in [1.807, 2.05) is 12.2 Å². The predicted octanol–water partition coefficient (Wildman–Crippen LogP) is 1.58. The van der Waals surface area contributed by atoms with Crippen molar-refractivity contribution in [1.82, 2.24) is 10.0 Å². The Morgan fingerprint density at radius 2 is 1.76 bits per heavy atom. The number of aromatic nitrogens is 1. The maximum Gasteiger partial charge on any atom is 0.407 e. The van der Waals surface area contributed by atoms with Gasteiger partial charge in [0.1, 0.15) is 6.61 Å². The van der Waals surface area contributed by atoms with E-state index in [0.717, 1.165) is 6.42 Å². The van der Waals surface area contributed by atoms with Crippen molar-refractivity contribution in [2.45, 2.75) is 37.4 Å². The number of amides is 1. The van der Waals surface area contributed by atoms with Crippen LogP contribution in [0.3, 0.4) is 0 Å². The minimum absolute atomic E-state index is 0.0537. The first-order valence-corrected chi connectivity index (χ1v) is 10.1. The monoisotopic (exact) mass is 459 g/mol. The lowest BCUT2D eigenvalue weighted by Crippen LogP contribution is -2.35. The Balaban J connectivity index is 1.22. The third-order valence-electron chi connectivity index (χ3n) is 5.64. The molecule has 2 aromatic rings. The van der Waals surface area contributed by atoms with Gasteiger partial charge in [-0.1, -0.05) is 12.2 Å². The molecule has 0 spiro atoms. The first-order valence-electron chi connectivity index (χ1n) is 10.1. The molecule has 33 heavy (non-hydrogen) atoms. The van der Waals surface area contributed by atoms with E-state index in [1.54, 1.807) is 0 Å². The number of ether oxygens (including phenoxy) is 1. The molecule has 2 bridgehead atoms. The number of rotatable bonds is 8. The molecule has 2 aliphatic rings. The lowest BCUT2D eigenvalue weighted by Gasteiger charge is -2.13. The number of nitro groups is 1. The highest BCUT2D eigenvalue weighted by Crippen LogP contribution is 2.56. The average Bonchev–Trinajstić information content (AvgIpc) is 3.48. The summed E-state index contributed by atoms with van der Waals surface area (Å²) in [6.07, 6.45) is 1.93. The number of carbonyl (C=O) groups is 2. The SMILES string of the molecule is O=C(NCC[C@H](O)C(=O)On1c(O)c2c(c1O)[C@H]1C=CC2C1)OCc1ccc([N+](=O)[O-])cc1. The Morgan fingerprint density at radius 1 is 1.15 bits per heavy atom. The number of carbonyl (C=O) groups excluding carboxylic acids is 2. The zero-order chi connectivity index (χ0) is 23.7. The lowest BCUT2D eigenvalue weighted by molar-refractivity contribution is -0.384. The summed E-state index contributed by atoms with van der Waals surface area (Å²) < 4.78 is 5.57. The molecule has 0 radical (unpaired) electrons. The summed E-state index contributed by atoms with van der Waals surface area (Å²) >= 11 is 0. The van der Waals surface area contributed by atoms with Crippen LogP contribution in [0, 0.1) is 10.1 Å². The number of benzene rings is 1. The molecular weight excluding hydrogens is 438 g/mol. The number of nitrogens with zero attached hydrogens (tertiary/aromatic N) is 2. The molecule has 2 aliphatic carbocycles. The molecule has 4 N–H and O–H groups in total. The van der Waals surface area contributed by atoms with Gasteiger partial charge in [0.05, 0.1) is 4.92 Å². The Hall–Kier alpha value is -4.06. The molecule has 12 nitrogen and oxygen atoms in total. The number of nitrogens with one attached hydrogen (secondary N) is 1. The molecule has 0 fully saturated rings. The number of non-ortho nitro benzene ring substituents is 1. The van der Waals surface area contributed by atoms with Crippen LogP contribution in [0.25, 0.3) is 0 Å². The minimum atomic E-state index is -1.63. The van der Waals surface area contributed by atoms with Crippen molar-refractivity contribution in [3.8, 4) is 11.8 Å². The van der Waals surface area contributed by atoms with Crippen molar-refractivity contribution < 1.29 is 39.4 Å².